The van der Waals surface area contributed by atoms with Crippen LogP contribution in [0.3, 0.4) is 0 Å². The monoisotopic (exact) mass is 461 g/mol. The Kier molecular flexibility index (Phi) is 11.0. The van der Waals surface area contributed by atoms with Crippen LogP contribution in [0.1, 0.15) is 53.1 Å². The molecule has 0 heterocycles. The third-order valence-electron chi connectivity index (χ3n) is 4.17. The fourth-order valence-corrected chi connectivity index (χ4v) is 2.98. The number of hydroxylamine groups is 2. The Morgan fingerprint density at radius 3 is 2.08 bits per heavy atom. The van der Waals surface area contributed by atoms with E-state index >= 15 is 0 Å². The first kappa shape index (κ1) is 25.4. The van der Waals surface area contributed by atoms with Crippen molar-refractivity contribution in [1.29, 1.82) is 0 Å². The molecule has 1 aliphatic carbocycles. The third kappa shape index (κ3) is 6.84. The van der Waals surface area contributed by atoms with Gasteiger partial charge in [-0.2, -0.15) is 5.06 Å². The summed E-state index contributed by atoms with van der Waals surface area (Å²) < 4.78 is 0. The molecule has 0 amide bonds. The van der Waals surface area contributed by atoms with Crippen LogP contribution in [-0.4, -0.2) is 16.7 Å². The Balaban J connectivity index is 0.00000312. The molecular weight excluding hydrogens is 433 g/mol. The first-order valence-electron chi connectivity index (χ1n) is 8.77. The fraction of sp³-hybridized carbons (Fsp3) is 0.455. The predicted molar refractivity (Wildman–Crippen MR) is 101 cm³/mol. The van der Waals surface area contributed by atoms with Crippen LogP contribution in [0, 0.1) is 12.3 Å². The van der Waals surface area contributed by atoms with Crippen molar-refractivity contribution in [2.45, 2.75) is 59.2 Å². The summed E-state index contributed by atoms with van der Waals surface area (Å²) in [5.74, 6) is 0.433. The van der Waals surface area contributed by atoms with Crippen molar-refractivity contribution in [1.82, 2.24) is 5.06 Å². The minimum absolute atomic E-state index is 0. The van der Waals surface area contributed by atoms with Crippen LogP contribution in [0.5, 0.6) is 0 Å². The Hall–Kier alpha value is -0.626. The van der Waals surface area contributed by atoms with Gasteiger partial charge in [0.1, 0.15) is 0 Å². The molecule has 1 aliphatic rings. The molecule has 1 radical (unpaired) electrons. The van der Waals surface area contributed by atoms with Crippen LogP contribution < -0.4 is 17.0 Å². The molecule has 0 bridgehead atoms. The van der Waals surface area contributed by atoms with Gasteiger partial charge in [0.2, 0.25) is 0 Å². The molecular formula is C22H30BrNNiO-. The Labute approximate surface area is 180 Å². The molecule has 0 aliphatic heterocycles. The number of hydrogen-bond acceptors (Lipinski definition) is 2. The molecule has 2 rings (SSSR count). The number of rotatable bonds is 6. The van der Waals surface area contributed by atoms with Crippen LogP contribution in [0.25, 0.3) is 0 Å². The first-order chi connectivity index (χ1) is 11.3. The minimum Gasteiger partial charge on any atom is -1.00 e. The molecule has 147 valence electrons. The largest absolute Gasteiger partial charge is 1.00 e. The molecule has 2 atom stereocenters. The van der Waals surface area contributed by atoms with Crippen LogP contribution in [-0.2, 0) is 21.3 Å². The Morgan fingerprint density at radius 1 is 1.00 bits per heavy atom. The van der Waals surface area contributed by atoms with E-state index in [9.17, 15) is 0 Å². The number of halogens is 1. The van der Waals surface area contributed by atoms with E-state index in [1.165, 1.54) is 11.1 Å². The van der Waals surface area contributed by atoms with E-state index in [1.54, 1.807) is 0 Å². The predicted octanol–water partition coefficient (Wildman–Crippen LogP) is 2.66. The average Bonchev–Trinajstić information content (AvgIpc) is 2.55. The van der Waals surface area contributed by atoms with Gasteiger partial charge in [-0.05, 0) is 56.9 Å². The minimum atomic E-state index is -0.111. The summed E-state index contributed by atoms with van der Waals surface area (Å²) in [5.41, 5.74) is 5.41. The van der Waals surface area contributed by atoms with Gasteiger partial charge >= 0.3 is 0 Å². The van der Waals surface area contributed by atoms with Gasteiger partial charge in [-0.3, -0.25) is 4.84 Å². The van der Waals surface area contributed by atoms with E-state index in [0.29, 0.717) is 5.92 Å². The van der Waals surface area contributed by atoms with Crippen LogP contribution in [0.4, 0.5) is 0 Å². The summed E-state index contributed by atoms with van der Waals surface area (Å²) in [5, 5.41) is 2.17. The van der Waals surface area contributed by atoms with Gasteiger partial charge in [-0.1, -0.05) is 50.3 Å². The maximum atomic E-state index is 6.50. The second-order valence-corrected chi connectivity index (χ2v) is 7.68. The van der Waals surface area contributed by atoms with Crippen molar-refractivity contribution in [2.24, 2.45) is 5.92 Å². The van der Waals surface area contributed by atoms with Crippen molar-refractivity contribution in [3.8, 4) is 0 Å². The van der Waals surface area contributed by atoms with Gasteiger partial charge in [-0.15, -0.1) is 5.73 Å². The standard InChI is InChI=1S/C22H30NO.BrH.Ni/c1-17(2)21(20-15-11-8-12-16-20)23(22(4,5)6)24-18(3)19-13-9-7-10-14-19;;/h8-18,21H,1-6H3;1H;/p-1. The summed E-state index contributed by atoms with van der Waals surface area (Å²) in [6.07, 6.45) is 8.00. The van der Waals surface area contributed by atoms with Gasteiger partial charge in [0.15, 0.2) is 0 Å². The molecule has 2 unspecified atom stereocenters. The zero-order chi connectivity index (χ0) is 17.7. The molecule has 26 heavy (non-hydrogen) atoms. The smallest absolute Gasteiger partial charge is 0.0985 e. The normalized spacial score (nSPS) is 15.9. The van der Waals surface area contributed by atoms with Gasteiger partial charge in [0, 0.05) is 28.5 Å². The van der Waals surface area contributed by atoms with Gasteiger partial charge in [-0.25, -0.2) is 0 Å². The van der Waals surface area contributed by atoms with E-state index in [0.717, 1.165) is 0 Å². The summed E-state index contributed by atoms with van der Waals surface area (Å²) >= 11 is 0. The van der Waals surface area contributed by atoms with E-state index in [1.807, 2.05) is 12.2 Å². The van der Waals surface area contributed by atoms with E-state index in [-0.39, 0.29) is 51.2 Å². The topological polar surface area (TPSA) is 12.5 Å². The molecule has 1 aromatic rings. The van der Waals surface area contributed by atoms with E-state index in [4.69, 9.17) is 4.84 Å². The molecule has 0 spiro atoms. The Bertz CT molecular complexity index is 627. The van der Waals surface area contributed by atoms with Crippen molar-refractivity contribution in [3.63, 3.8) is 0 Å². The molecule has 4 heteroatoms. The third-order valence-corrected chi connectivity index (χ3v) is 4.17. The first-order valence-corrected chi connectivity index (χ1v) is 8.77. The molecule has 2 nitrogen and oxygen atoms in total. The fourth-order valence-electron chi connectivity index (χ4n) is 2.98. The van der Waals surface area contributed by atoms with Crippen LogP contribution in [0.15, 0.2) is 59.9 Å². The quantitative estimate of drug-likeness (QED) is 0.366. The molecule has 0 saturated heterocycles. The summed E-state index contributed by atoms with van der Waals surface area (Å²) in [6, 6.07) is 10.8. The molecule has 1 aromatic carbocycles. The average molecular weight is 463 g/mol. The number of nitrogens with zero attached hydrogens (tertiary/aromatic N) is 1. The SMILES string of the molecule is CC(ON(C(c1ccccc1)C(C)C)C(C)(C)C)C1=CC=C=C[CH]1.[Br-].[Ni]. The van der Waals surface area contributed by atoms with E-state index < -0.39 is 0 Å². The van der Waals surface area contributed by atoms with Gasteiger partial charge < -0.3 is 17.0 Å². The Morgan fingerprint density at radius 2 is 1.62 bits per heavy atom. The van der Waals surface area contributed by atoms with Crippen LogP contribution in [0.2, 0.25) is 0 Å². The van der Waals surface area contributed by atoms with Crippen molar-refractivity contribution in [3.05, 3.63) is 71.8 Å². The zero-order valence-corrected chi connectivity index (χ0v) is 19.1. The van der Waals surface area contributed by atoms with Crippen molar-refractivity contribution >= 4 is 0 Å². The maximum Gasteiger partial charge on any atom is 0.0985 e. The van der Waals surface area contributed by atoms with E-state index in [2.05, 4.69) is 95.2 Å². The van der Waals surface area contributed by atoms with Crippen molar-refractivity contribution < 1.29 is 38.3 Å². The number of hydrogen-bond donors (Lipinski definition) is 0. The number of allylic oxidation sites excluding steroid dienone is 2. The summed E-state index contributed by atoms with van der Waals surface area (Å²) in [4.78, 5) is 6.50. The molecule has 0 fully saturated rings. The van der Waals surface area contributed by atoms with Gasteiger partial charge in [0.05, 0.1) is 12.1 Å². The van der Waals surface area contributed by atoms with Crippen molar-refractivity contribution in [2.75, 3.05) is 0 Å². The maximum absolute atomic E-state index is 6.50. The van der Waals surface area contributed by atoms with Crippen LogP contribution >= 0.6 is 0 Å². The molecule has 0 saturated carbocycles. The molecule has 0 aromatic heterocycles. The summed E-state index contributed by atoms with van der Waals surface area (Å²) in [6.45, 7) is 13.2. The zero-order valence-electron chi connectivity index (χ0n) is 16.5. The second kappa shape index (κ2) is 11.3. The number of benzene rings is 1. The molecule has 0 N–H and O–H groups in total. The second-order valence-electron chi connectivity index (χ2n) is 7.68. The summed E-state index contributed by atoms with van der Waals surface area (Å²) in [7, 11) is 0. The van der Waals surface area contributed by atoms with Gasteiger partial charge in [0.25, 0.3) is 0 Å².